The third-order valence-corrected chi connectivity index (χ3v) is 6.50. The Morgan fingerprint density at radius 1 is 1.06 bits per heavy atom. The molecule has 0 aliphatic carbocycles. The molecule has 35 heavy (non-hydrogen) atoms. The van der Waals surface area contributed by atoms with E-state index in [2.05, 4.69) is 38.0 Å². The molecule has 180 valence electrons. The topological polar surface area (TPSA) is 56.8 Å². The van der Waals surface area contributed by atoms with E-state index in [0.717, 1.165) is 59.5 Å². The molecule has 0 radical (unpaired) electrons. The second kappa shape index (κ2) is 9.54. The molecule has 4 aromatic rings. The highest BCUT2D eigenvalue weighted by molar-refractivity contribution is 5.95. The molecule has 2 aromatic carbocycles. The Kier molecular flexibility index (Phi) is 6.30. The van der Waals surface area contributed by atoms with Gasteiger partial charge in [0, 0.05) is 18.0 Å². The zero-order valence-electron chi connectivity index (χ0n) is 19.5. The lowest BCUT2D eigenvalue weighted by Crippen LogP contribution is -2.29. The third-order valence-electron chi connectivity index (χ3n) is 6.50. The number of fused-ring (bicyclic) bond motifs is 1. The van der Waals surface area contributed by atoms with Crippen LogP contribution in [0.2, 0.25) is 0 Å². The van der Waals surface area contributed by atoms with E-state index >= 15 is 0 Å². The Morgan fingerprint density at radius 2 is 1.86 bits per heavy atom. The van der Waals surface area contributed by atoms with Crippen LogP contribution in [0.15, 0.2) is 49.2 Å². The summed E-state index contributed by atoms with van der Waals surface area (Å²) >= 11 is 0. The number of nitrogens with zero attached hydrogens (tertiary/aromatic N) is 3. The second-order valence-electron chi connectivity index (χ2n) is 9.01. The molecule has 0 atom stereocenters. The van der Waals surface area contributed by atoms with Crippen molar-refractivity contribution in [2.24, 2.45) is 0 Å². The van der Waals surface area contributed by atoms with Crippen LogP contribution >= 0.6 is 0 Å². The van der Waals surface area contributed by atoms with Crippen molar-refractivity contribution in [1.29, 1.82) is 0 Å². The van der Waals surface area contributed by atoms with Gasteiger partial charge in [-0.05, 0) is 79.4 Å². The van der Waals surface area contributed by atoms with Crippen LogP contribution in [0, 0.1) is 24.4 Å². The molecule has 1 saturated heterocycles. The van der Waals surface area contributed by atoms with Crippen LogP contribution in [-0.4, -0.2) is 33.2 Å². The van der Waals surface area contributed by atoms with Crippen molar-refractivity contribution < 1.29 is 13.2 Å². The van der Waals surface area contributed by atoms with Crippen molar-refractivity contribution in [3.63, 3.8) is 0 Å². The fourth-order valence-corrected chi connectivity index (χ4v) is 4.62. The molecule has 0 spiro atoms. The Bertz CT molecular complexity index is 1410. The standard InChI is InChI=1S/C27H26F3N5/c1-16-21(10-18(11-23(16)29)15-35-8-4-3-5-9-35)19-6-7-25-22(12-19)26(34-33-25)17(2)32-27-24(30)13-20(28)14-31-27/h6-7,10-14H,2-5,8-9,15H2,1H3,(H,31,32)(H,33,34). The number of aromatic amines is 1. The largest absolute Gasteiger partial charge is 0.336 e. The summed E-state index contributed by atoms with van der Waals surface area (Å²) in [5.41, 5.74) is 4.70. The number of rotatable bonds is 6. The van der Waals surface area contributed by atoms with Crippen LogP contribution in [0.1, 0.15) is 36.1 Å². The number of nitrogens with one attached hydrogen (secondary N) is 2. The molecule has 2 N–H and O–H groups in total. The molecule has 1 aliphatic heterocycles. The molecule has 8 heteroatoms. The summed E-state index contributed by atoms with van der Waals surface area (Å²) in [4.78, 5) is 6.11. The van der Waals surface area contributed by atoms with Crippen molar-refractivity contribution in [3.8, 4) is 11.1 Å². The molecule has 5 rings (SSSR count). The minimum Gasteiger partial charge on any atom is -0.336 e. The second-order valence-corrected chi connectivity index (χ2v) is 9.01. The summed E-state index contributed by atoms with van der Waals surface area (Å²) in [5.74, 6) is -1.97. The molecular formula is C27H26F3N5. The highest BCUT2D eigenvalue weighted by Gasteiger charge is 2.17. The van der Waals surface area contributed by atoms with Crippen LogP contribution in [0.4, 0.5) is 19.0 Å². The maximum atomic E-state index is 14.9. The summed E-state index contributed by atoms with van der Waals surface area (Å²) in [6.07, 6.45) is 4.53. The van der Waals surface area contributed by atoms with E-state index < -0.39 is 11.6 Å². The number of aromatic nitrogens is 3. The van der Waals surface area contributed by atoms with Crippen molar-refractivity contribution in [2.75, 3.05) is 18.4 Å². The first kappa shape index (κ1) is 23.1. The summed E-state index contributed by atoms with van der Waals surface area (Å²) in [6.45, 7) is 8.53. The molecular weight excluding hydrogens is 451 g/mol. The zero-order chi connectivity index (χ0) is 24.5. The van der Waals surface area contributed by atoms with E-state index in [9.17, 15) is 13.2 Å². The number of H-pyrrole nitrogens is 1. The van der Waals surface area contributed by atoms with Gasteiger partial charge in [0.1, 0.15) is 17.3 Å². The number of piperidine rings is 1. The minimum absolute atomic E-state index is 0.146. The zero-order valence-corrected chi connectivity index (χ0v) is 19.5. The van der Waals surface area contributed by atoms with Gasteiger partial charge in [0.25, 0.3) is 0 Å². The van der Waals surface area contributed by atoms with E-state index in [1.807, 2.05) is 18.2 Å². The van der Waals surface area contributed by atoms with Gasteiger partial charge < -0.3 is 5.32 Å². The van der Waals surface area contributed by atoms with Crippen LogP contribution in [0.5, 0.6) is 0 Å². The lowest BCUT2D eigenvalue weighted by atomic mass is 9.95. The first-order valence-electron chi connectivity index (χ1n) is 11.7. The Labute approximate surface area is 201 Å². The average molecular weight is 478 g/mol. The Balaban J connectivity index is 1.47. The van der Waals surface area contributed by atoms with Gasteiger partial charge in [0.05, 0.1) is 17.4 Å². The highest BCUT2D eigenvalue weighted by atomic mass is 19.1. The third kappa shape index (κ3) is 4.79. The first-order chi connectivity index (χ1) is 16.9. The van der Waals surface area contributed by atoms with Gasteiger partial charge in [-0.25, -0.2) is 18.2 Å². The summed E-state index contributed by atoms with van der Waals surface area (Å²) in [6, 6.07) is 10.2. The number of benzene rings is 2. The van der Waals surface area contributed by atoms with Gasteiger partial charge in [-0.1, -0.05) is 19.1 Å². The van der Waals surface area contributed by atoms with Crippen molar-refractivity contribution in [3.05, 3.63) is 83.4 Å². The molecule has 3 heterocycles. The van der Waals surface area contributed by atoms with Gasteiger partial charge in [-0.3, -0.25) is 10.00 Å². The molecule has 0 unspecified atom stereocenters. The number of hydrogen-bond acceptors (Lipinski definition) is 4. The van der Waals surface area contributed by atoms with E-state index in [-0.39, 0.29) is 11.6 Å². The predicted octanol–water partition coefficient (Wildman–Crippen LogP) is 6.42. The van der Waals surface area contributed by atoms with Gasteiger partial charge in [-0.2, -0.15) is 5.10 Å². The number of hydrogen-bond donors (Lipinski definition) is 2. The molecule has 5 nitrogen and oxygen atoms in total. The van der Waals surface area contributed by atoms with Crippen LogP contribution in [-0.2, 0) is 6.54 Å². The van der Waals surface area contributed by atoms with Gasteiger partial charge in [-0.15, -0.1) is 0 Å². The molecule has 1 fully saturated rings. The van der Waals surface area contributed by atoms with E-state index in [0.29, 0.717) is 17.0 Å². The number of likely N-dealkylation sites (tertiary alicyclic amines) is 1. The fourth-order valence-electron chi connectivity index (χ4n) is 4.62. The number of anilines is 1. The van der Waals surface area contributed by atoms with Gasteiger partial charge in [0.15, 0.2) is 11.6 Å². The lowest BCUT2D eigenvalue weighted by molar-refractivity contribution is 0.220. The molecule has 0 amide bonds. The van der Waals surface area contributed by atoms with E-state index in [1.54, 1.807) is 13.0 Å². The normalized spacial score (nSPS) is 14.4. The Morgan fingerprint density at radius 3 is 2.63 bits per heavy atom. The van der Waals surface area contributed by atoms with Crippen molar-refractivity contribution in [1.82, 2.24) is 20.1 Å². The average Bonchev–Trinajstić information content (AvgIpc) is 3.27. The molecule has 0 saturated carbocycles. The van der Waals surface area contributed by atoms with Crippen LogP contribution in [0.3, 0.4) is 0 Å². The number of halogens is 3. The van der Waals surface area contributed by atoms with Crippen LogP contribution in [0.25, 0.3) is 27.7 Å². The van der Waals surface area contributed by atoms with E-state index in [4.69, 9.17) is 0 Å². The maximum absolute atomic E-state index is 14.9. The predicted molar refractivity (Wildman–Crippen MR) is 132 cm³/mol. The van der Waals surface area contributed by atoms with Crippen LogP contribution < -0.4 is 5.32 Å². The molecule has 2 aromatic heterocycles. The summed E-state index contributed by atoms with van der Waals surface area (Å²) in [5, 5.41) is 10.8. The lowest BCUT2D eigenvalue weighted by Gasteiger charge is -2.26. The Hall–Kier alpha value is -3.65. The highest BCUT2D eigenvalue weighted by Crippen LogP contribution is 2.32. The fraction of sp³-hybridized carbons (Fsp3) is 0.259. The minimum atomic E-state index is -0.830. The molecule has 1 aliphatic rings. The molecule has 0 bridgehead atoms. The van der Waals surface area contributed by atoms with Gasteiger partial charge in [0.2, 0.25) is 0 Å². The quantitative estimate of drug-likeness (QED) is 0.337. The van der Waals surface area contributed by atoms with Gasteiger partial charge >= 0.3 is 0 Å². The maximum Gasteiger partial charge on any atom is 0.168 e. The summed E-state index contributed by atoms with van der Waals surface area (Å²) < 4.78 is 42.2. The smallest absolute Gasteiger partial charge is 0.168 e. The monoisotopic (exact) mass is 477 g/mol. The first-order valence-corrected chi connectivity index (χ1v) is 11.7. The summed E-state index contributed by atoms with van der Waals surface area (Å²) in [7, 11) is 0. The van der Waals surface area contributed by atoms with E-state index in [1.165, 1.54) is 19.3 Å². The van der Waals surface area contributed by atoms with Crippen molar-refractivity contribution >= 4 is 22.4 Å². The number of pyridine rings is 1. The SMILES string of the molecule is C=C(Nc1ncc(F)cc1F)c1n[nH]c2ccc(-c3cc(CN4CCCCC4)cc(F)c3C)cc12. The van der Waals surface area contributed by atoms with Crippen molar-refractivity contribution in [2.45, 2.75) is 32.7 Å².